The lowest BCUT2D eigenvalue weighted by Crippen LogP contribution is -2.45. The molecule has 2 atom stereocenters. The summed E-state index contributed by atoms with van der Waals surface area (Å²) in [7, 11) is 0. The largest absolute Gasteiger partial charge is 0.486 e. The summed E-state index contributed by atoms with van der Waals surface area (Å²) in [6.07, 6.45) is 8.40. The van der Waals surface area contributed by atoms with Gasteiger partial charge in [0.2, 0.25) is 0 Å². The van der Waals surface area contributed by atoms with E-state index in [-0.39, 0.29) is 5.60 Å². The van der Waals surface area contributed by atoms with Crippen LogP contribution in [0.3, 0.4) is 0 Å². The van der Waals surface area contributed by atoms with Crippen molar-refractivity contribution in [1.29, 1.82) is 0 Å². The van der Waals surface area contributed by atoms with Gasteiger partial charge in [0.05, 0.1) is 6.04 Å². The Morgan fingerprint density at radius 3 is 2.48 bits per heavy atom. The Morgan fingerprint density at radius 2 is 1.76 bits per heavy atom. The van der Waals surface area contributed by atoms with Gasteiger partial charge in [0.1, 0.15) is 11.4 Å². The SMILES string of the molecule is C[C@H](NC1c2ccccc2OC1(C)C)C1CCCCCC1. The van der Waals surface area contributed by atoms with Crippen LogP contribution in [0.25, 0.3) is 0 Å². The zero-order valence-electron chi connectivity index (χ0n) is 13.7. The minimum absolute atomic E-state index is 0.164. The van der Waals surface area contributed by atoms with Crippen LogP contribution in [-0.2, 0) is 0 Å². The van der Waals surface area contributed by atoms with E-state index in [0.29, 0.717) is 12.1 Å². The Labute approximate surface area is 129 Å². The minimum atomic E-state index is -0.164. The standard InChI is InChI=1S/C19H29NO/c1-14(15-10-6-4-5-7-11-15)20-18-16-12-8-9-13-17(16)21-19(18,2)3/h8-9,12-15,18,20H,4-7,10-11H2,1-3H3/t14-,18?/m0/s1. The molecule has 1 saturated carbocycles. The van der Waals surface area contributed by atoms with Crippen LogP contribution in [0.2, 0.25) is 0 Å². The van der Waals surface area contributed by atoms with Gasteiger partial charge in [0.25, 0.3) is 0 Å². The summed E-state index contributed by atoms with van der Waals surface area (Å²) >= 11 is 0. The summed E-state index contributed by atoms with van der Waals surface area (Å²) in [5, 5.41) is 3.90. The average molecular weight is 287 g/mol. The molecule has 0 aromatic heterocycles. The molecule has 2 heteroatoms. The van der Waals surface area contributed by atoms with Gasteiger partial charge in [-0.2, -0.15) is 0 Å². The number of hydrogen-bond acceptors (Lipinski definition) is 2. The summed E-state index contributed by atoms with van der Waals surface area (Å²) in [4.78, 5) is 0. The lowest BCUT2D eigenvalue weighted by Gasteiger charge is -2.33. The Balaban J connectivity index is 1.73. The van der Waals surface area contributed by atoms with E-state index in [1.165, 1.54) is 44.1 Å². The molecule has 116 valence electrons. The van der Waals surface area contributed by atoms with Gasteiger partial charge in [-0.05, 0) is 45.6 Å². The Kier molecular flexibility index (Phi) is 4.26. The monoisotopic (exact) mass is 287 g/mol. The van der Waals surface area contributed by atoms with Crippen molar-refractivity contribution in [1.82, 2.24) is 5.32 Å². The molecule has 1 aliphatic heterocycles. The van der Waals surface area contributed by atoms with Crippen molar-refractivity contribution in [3.8, 4) is 5.75 Å². The molecule has 1 unspecified atom stereocenters. The Hall–Kier alpha value is -1.02. The molecule has 3 rings (SSSR count). The third-order valence-corrected chi connectivity index (χ3v) is 5.33. The molecule has 21 heavy (non-hydrogen) atoms. The average Bonchev–Trinajstić information content (AvgIpc) is 2.64. The van der Waals surface area contributed by atoms with Gasteiger partial charge in [-0.15, -0.1) is 0 Å². The molecule has 0 amide bonds. The minimum Gasteiger partial charge on any atom is -0.486 e. The number of para-hydroxylation sites is 1. The van der Waals surface area contributed by atoms with Crippen LogP contribution in [-0.4, -0.2) is 11.6 Å². The molecule has 2 nitrogen and oxygen atoms in total. The fourth-order valence-electron chi connectivity index (χ4n) is 4.03. The normalized spacial score (nSPS) is 26.7. The van der Waals surface area contributed by atoms with E-state index in [1.807, 2.05) is 0 Å². The summed E-state index contributed by atoms with van der Waals surface area (Å²) in [6.45, 7) is 6.77. The highest BCUT2D eigenvalue weighted by Gasteiger charge is 2.41. The highest BCUT2D eigenvalue weighted by Crippen LogP contribution is 2.43. The number of nitrogens with one attached hydrogen (secondary N) is 1. The topological polar surface area (TPSA) is 21.3 Å². The summed E-state index contributed by atoms with van der Waals surface area (Å²) < 4.78 is 6.16. The van der Waals surface area contributed by atoms with E-state index in [9.17, 15) is 0 Å². The summed E-state index contributed by atoms with van der Waals surface area (Å²) in [6, 6.07) is 9.34. The highest BCUT2D eigenvalue weighted by atomic mass is 16.5. The number of rotatable bonds is 3. The first-order valence-electron chi connectivity index (χ1n) is 8.62. The summed E-state index contributed by atoms with van der Waals surface area (Å²) in [5.74, 6) is 1.86. The van der Waals surface area contributed by atoms with Crippen molar-refractivity contribution >= 4 is 0 Å². The van der Waals surface area contributed by atoms with Crippen LogP contribution >= 0.6 is 0 Å². The van der Waals surface area contributed by atoms with Crippen LogP contribution in [0.15, 0.2) is 24.3 Å². The quantitative estimate of drug-likeness (QED) is 0.803. The Morgan fingerprint density at radius 1 is 1.10 bits per heavy atom. The first-order valence-corrected chi connectivity index (χ1v) is 8.62. The zero-order valence-corrected chi connectivity index (χ0v) is 13.7. The molecular weight excluding hydrogens is 258 g/mol. The second kappa shape index (κ2) is 6.00. The van der Waals surface area contributed by atoms with Gasteiger partial charge in [-0.25, -0.2) is 0 Å². The number of benzene rings is 1. The van der Waals surface area contributed by atoms with Crippen molar-refractivity contribution in [3.05, 3.63) is 29.8 Å². The maximum Gasteiger partial charge on any atom is 0.125 e. The van der Waals surface area contributed by atoms with Crippen molar-refractivity contribution in [2.75, 3.05) is 0 Å². The van der Waals surface area contributed by atoms with Gasteiger partial charge in [-0.1, -0.05) is 43.9 Å². The van der Waals surface area contributed by atoms with Crippen LogP contribution in [0, 0.1) is 5.92 Å². The number of ether oxygens (including phenoxy) is 1. The highest BCUT2D eigenvalue weighted by molar-refractivity contribution is 5.42. The van der Waals surface area contributed by atoms with Crippen molar-refractivity contribution in [2.45, 2.75) is 77.0 Å². The van der Waals surface area contributed by atoms with Gasteiger partial charge in [-0.3, -0.25) is 0 Å². The molecule has 0 bridgehead atoms. The van der Waals surface area contributed by atoms with Crippen molar-refractivity contribution in [3.63, 3.8) is 0 Å². The molecule has 0 spiro atoms. The predicted octanol–water partition coefficient (Wildman–Crippen LogP) is 4.85. The first-order chi connectivity index (χ1) is 10.1. The molecule has 0 radical (unpaired) electrons. The lowest BCUT2D eigenvalue weighted by molar-refractivity contribution is 0.0866. The molecule has 1 fully saturated rings. The molecule has 0 saturated heterocycles. The smallest absolute Gasteiger partial charge is 0.125 e. The predicted molar refractivity (Wildman–Crippen MR) is 87.7 cm³/mol. The van der Waals surface area contributed by atoms with E-state index in [0.717, 1.165) is 11.7 Å². The second-order valence-corrected chi connectivity index (χ2v) is 7.38. The molecule has 1 aliphatic carbocycles. The first kappa shape index (κ1) is 14.9. The summed E-state index contributed by atoms with van der Waals surface area (Å²) in [5.41, 5.74) is 1.16. The third-order valence-electron chi connectivity index (χ3n) is 5.33. The maximum atomic E-state index is 6.16. The van der Waals surface area contributed by atoms with Crippen molar-refractivity contribution < 1.29 is 4.74 Å². The van der Waals surface area contributed by atoms with Gasteiger partial charge < -0.3 is 10.1 Å². The molecule has 2 aliphatic rings. The molecule has 1 aromatic rings. The lowest BCUT2D eigenvalue weighted by atomic mass is 9.89. The number of hydrogen-bond donors (Lipinski definition) is 1. The molecule has 1 aromatic carbocycles. The van der Waals surface area contributed by atoms with E-state index < -0.39 is 0 Å². The number of fused-ring (bicyclic) bond motifs is 1. The van der Waals surface area contributed by atoms with Gasteiger partial charge in [0.15, 0.2) is 0 Å². The van der Waals surface area contributed by atoms with Crippen LogP contribution in [0.4, 0.5) is 0 Å². The van der Waals surface area contributed by atoms with E-state index in [1.54, 1.807) is 0 Å². The third kappa shape index (κ3) is 3.11. The van der Waals surface area contributed by atoms with Gasteiger partial charge in [0, 0.05) is 11.6 Å². The molecule has 1 N–H and O–H groups in total. The van der Waals surface area contributed by atoms with Crippen molar-refractivity contribution in [2.24, 2.45) is 5.92 Å². The van der Waals surface area contributed by atoms with E-state index >= 15 is 0 Å². The Bertz CT molecular complexity index is 474. The van der Waals surface area contributed by atoms with Crippen LogP contribution < -0.4 is 10.1 Å². The fraction of sp³-hybridized carbons (Fsp3) is 0.684. The van der Waals surface area contributed by atoms with E-state index in [2.05, 4.69) is 50.4 Å². The molecule has 1 heterocycles. The van der Waals surface area contributed by atoms with Crippen LogP contribution in [0.5, 0.6) is 5.75 Å². The van der Waals surface area contributed by atoms with Crippen LogP contribution in [0.1, 0.15) is 70.9 Å². The zero-order chi connectivity index (χ0) is 14.9. The fourth-order valence-corrected chi connectivity index (χ4v) is 4.03. The molecular formula is C19H29NO. The van der Waals surface area contributed by atoms with Gasteiger partial charge >= 0.3 is 0 Å². The second-order valence-electron chi connectivity index (χ2n) is 7.38. The van der Waals surface area contributed by atoms with E-state index in [4.69, 9.17) is 4.74 Å². The maximum absolute atomic E-state index is 6.16.